The molecule has 0 aliphatic carbocycles. The highest BCUT2D eigenvalue weighted by Crippen LogP contribution is 2.36. The van der Waals surface area contributed by atoms with Gasteiger partial charge in [-0.25, -0.2) is 9.37 Å². The summed E-state index contributed by atoms with van der Waals surface area (Å²) < 4.78 is 19.5. The number of ether oxygens (including phenoxy) is 1. The average molecular weight is 387 g/mol. The Morgan fingerprint density at radius 1 is 1.19 bits per heavy atom. The summed E-state index contributed by atoms with van der Waals surface area (Å²) >= 11 is 6.25. The highest BCUT2D eigenvalue weighted by molar-refractivity contribution is 6.33. The van der Waals surface area contributed by atoms with E-state index in [1.165, 1.54) is 6.07 Å². The van der Waals surface area contributed by atoms with Crippen LogP contribution in [0.1, 0.15) is 5.56 Å². The number of aromatic hydroxyl groups is 1. The molecule has 6 heteroatoms. The van der Waals surface area contributed by atoms with Gasteiger partial charge in [-0.05, 0) is 48.9 Å². The minimum atomic E-state index is -0.420. The Bertz CT molecular complexity index is 943. The number of benzene rings is 2. The fraction of sp³-hybridized carbons (Fsp3) is 0.190. The van der Waals surface area contributed by atoms with Gasteiger partial charge in [0.05, 0.1) is 17.3 Å². The lowest BCUT2D eigenvalue weighted by Gasteiger charge is -2.13. The largest absolute Gasteiger partial charge is 0.507 e. The maximum Gasteiger partial charge on any atom is 0.132 e. The summed E-state index contributed by atoms with van der Waals surface area (Å²) in [5.74, 6) is 0.225. The highest BCUT2D eigenvalue weighted by atomic mass is 35.5. The van der Waals surface area contributed by atoms with E-state index in [1.807, 2.05) is 19.1 Å². The molecule has 0 fully saturated rings. The normalized spacial score (nSPS) is 10.8. The van der Waals surface area contributed by atoms with Crippen molar-refractivity contribution in [1.29, 1.82) is 0 Å². The van der Waals surface area contributed by atoms with Crippen molar-refractivity contribution in [3.8, 4) is 28.1 Å². The Morgan fingerprint density at radius 3 is 2.74 bits per heavy atom. The van der Waals surface area contributed by atoms with Crippen LogP contribution in [0.25, 0.3) is 22.4 Å². The van der Waals surface area contributed by atoms with Crippen LogP contribution >= 0.6 is 11.6 Å². The molecular formula is C21H20ClFN2O2. The molecule has 0 saturated heterocycles. The van der Waals surface area contributed by atoms with Crippen molar-refractivity contribution in [2.24, 2.45) is 0 Å². The molecule has 0 unspecified atom stereocenters. The molecule has 0 radical (unpaired) electrons. The van der Waals surface area contributed by atoms with Crippen molar-refractivity contribution in [3.05, 3.63) is 64.9 Å². The van der Waals surface area contributed by atoms with Gasteiger partial charge >= 0.3 is 0 Å². The number of pyridine rings is 1. The Morgan fingerprint density at radius 2 is 2.00 bits per heavy atom. The number of methoxy groups -OCH3 is 1. The third-order valence-corrected chi connectivity index (χ3v) is 4.43. The van der Waals surface area contributed by atoms with E-state index in [-0.39, 0.29) is 5.75 Å². The van der Waals surface area contributed by atoms with Gasteiger partial charge in [0.1, 0.15) is 17.4 Å². The number of hydrogen-bond acceptors (Lipinski definition) is 4. The predicted molar refractivity (Wildman–Crippen MR) is 107 cm³/mol. The van der Waals surface area contributed by atoms with E-state index in [0.717, 1.165) is 5.56 Å². The molecule has 0 atom stereocenters. The van der Waals surface area contributed by atoms with Crippen molar-refractivity contribution in [1.82, 2.24) is 4.98 Å². The summed E-state index contributed by atoms with van der Waals surface area (Å²) in [7, 11) is 1.61. The molecule has 0 bridgehead atoms. The van der Waals surface area contributed by atoms with Gasteiger partial charge in [-0.2, -0.15) is 0 Å². The maximum atomic E-state index is 14.5. The lowest BCUT2D eigenvalue weighted by molar-refractivity contribution is 0.210. The Kier molecular flexibility index (Phi) is 5.94. The van der Waals surface area contributed by atoms with E-state index in [4.69, 9.17) is 16.3 Å². The molecule has 2 aromatic carbocycles. The van der Waals surface area contributed by atoms with E-state index >= 15 is 0 Å². The third-order valence-electron chi connectivity index (χ3n) is 4.12. The quantitative estimate of drug-likeness (QED) is 0.566. The molecule has 3 aromatic rings. The van der Waals surface area contributed by atoms with Crippen LogP contribution in [0.15, 0.2) is 48.5 Å². The number of phenolic OH excluding ortho intramolecular Hbond substituents is 1. The molecule has 0 aliphatic rings. The topological polar surface area (TPSA) is 54.4 Å². The summed E-state index contributed by atoms with van der Waals surface area (Å²) in [6.45, 7) is 2.97. The smallest absolute Gasteiger partial charge is 0.132 e. The monoisotopic (exact) mass is 386 g/mol. The molecule has 0 amide bonds. The van der Waals surface area contributed by atoms with Crippen molar-refractivity contribution >= 4 is 17.4 Å². The zero-order chi connectivity index (χ0) is 19.4. The summed E-state index contributed by atoms with van der Waals surface area (Å²) in [6, 6.07) is 13.3. The van der Waals surface area contributed by atoms with Crippen LogP contribution in [-0.2, 0) is 4.74 Å². The fourth-order valence-corrected chi connectivity index (χ4v) is 3.09. The first-order chi connectivity index (χ1) is 13.0. The summed E-state index contributed by atoms with van der Waals surface area (Å²) in [4.78, 5) is 4.57. The van der Waals surface area contributed by atoms with Gasteiger partial charge in [0.2, 0.25) is 0 Å². The molecule has 27 heavy (non-hydrogen) atoms. The van der Waals surface area contributed by atoms with Crippen LogP contribution in [0.5, 0.6) is 5.75 Å². The minimum absolute atomic E-state index is 0.104. The first-order valence-electron chi connectivity index (χ1n) is 8.49. The van der Waals surface area contributed by atoms with Crippen LogP contribution < -0.4 is 5.32 Å². The third kappa shape index (κ3) is 4.38. The first kappa shape index (κ1) is 19.1. The first-order valence-corrected chi connectivity index (χ1v) is 8.86. The van der Waals surface area contributed by atoms with Gasteiger partial charge in [0, 0.05) is 24.8 Å². The Balaban J connectivity index is 2.16. The van der Waals surface area contributed by atoms with Gasteiger partial charge in [0.15, 0.2) is 0 Å². The van der Waals surface area contributed by atoms with E-state index < -0.39 is 5.82 Å². The van der Waals surface area contributed by atoms with Gasteiger partial charge in [-0.3, -0.25) is 0 Å². The number of aryl methyl sites for hydroxylation is 1. The van der Waals surface area contributed by atoms with E-state index in [0.29, 0.717) is 46.4 Å². The molecule has 0 spiro atoms. The van der Waals surface area contributed by atoms with Gasteiger partial charge < -0.3 is 15.2 Å². The number of aromatic nitrogens is 1. The number of nitrogens with one attached hydrogen (secondary N) is 1. The molecule has 2 N–H and O–H groups in total. The Hall–Kier alpha value is -2.63. The summed E-state index contributed by atoms with van der Waals surface area (Å²) in [6.07, 6.45) is 0. The van der Waals surface area contributed by atoms with Crippen LogP contribution in [0.4, 0.5) is 10.2 Å². The molecule has 4 nitrogen and oxygen atoms in total. The molecule has 0 aliphatic heterocycles. The van der Waals surface area contributed by atoms with Crippen LogP contribution in [0.3, 0.4) is 0 Å². The standard InChI is InChI=1S/C21H20ClFN2O2/c1-13-6-7-19(26)15(10-13)18-11-14(12-20(25-18)24-8-9-27-2)21-16(22)4-3-5-17(21)23/h3-7,10-12,26H,8-9H2,1-2H3,(H,24,25). The molecule has 140 valence electrons. The van der Waals surface area contributed by atoms with E-state index in [2.05, 4.69) is 10.3 Å². The second-order valence-electron chi connectivity index (χ2n) is 6.16. The summed E-state index contributed by atoms with van der Waals surface area (Å²) in [5.41, 5.74) is 2.94. The predicted octanol–water partition coefficient (Wildman–Crippen LogP) is 5.28. The maximum absolute atomic E-state index is 14.5. The lowest BCUT2D eigenvalue weighted by Crippen LogP contribution is -2.09. The van der Waals surface area contributed by atoms with Crippen LogP contribution in [0, 0.1) is 12.7 Å². The van der Waals surface area contributed by atoms with Gasteiger partial charge in [-0.15, -0.1) is 0 Å². The lowest BCUT2D eigenvalue weighted by atomic mass is 10.0. The summed E-state index contributed by atoms with van der Waals surface area (Å²) in [5, 5.41) is 13.7. The number of anilines is 1. The molecule has 0 saturated carbocycles. The van der Waals surface area contributed by atoms with Gasteiger partial charge in [-0.1, -0.05) is 29.3 Å². The van der Waals surface area contributed by atoms with Crippen molar-refractivity contribution < 1.29 is 14.2 Å². The highest BCUT2D eigenvalue weighted by Gasteiger charge is 2.15. The number of hydrogen-bond donors (Lipinski definition) is 2. The van der Waals surface area contributed by atoms with E-state index in [9.17, 15) is 9.50 Å². The second-order valence-corrected chi connectivity index (χ2v) is 6.57. The number of rotatable bonds is 6. The molecule has 1 aromatic heterocycles. The second kappa shape index (κ2) is 8.37. The molecule has 1 heterocycles. The van der Waals surface area contributed by atoms with Crippen LogP contribution in [-0.4, -0.2) is 30.4 Å². The number of nitrogens with zero attached hydrogens (tertiary/aromatic N) is 1. The average Bonchev–Trinajstić information content (AvgIpc) is 2.64. The van der Waals surface area contributed by atoms with Crippen molar-refractivity contribution in [2.75, 3.05) is 25.6 Å². The van der Waals surface area contributed by atoms with Crippen LogP contribution in [0.2, 0.25) is 5.02 Å². The van der Waals surface area contributed by atoms with Crippen molar-refractivity contribution in [3.63, 3.8) is 0 Å². The van der Waals surface area contributed by atoms with Gasteiger partial charge in [0.25, 0.3) is 0 Å². The van der Waals surface area contributed by atoms with E-state index in [1.54, 1.807) is 37.4 Å². The SMILES string of the molecule is COCCNc1cc(-c2c(F)cccc2Cl)cc(-c2cc(C)ccc2O)n1. The fourth-order valence-electron chi connectivity index (χ4n) is 2.81. The zero-order valence-electron chi connectivity index (χ0n) is 15.1. The minimum Gasteiger partial charge on any atom is -0.507 e. The zero-order valence-corrected chi connectivity index (χ0v) is 15.8. The number of halogens is 2. The van der Waals surface area contributed by atoms with Crippen molar-refractivity contribution in [2.45, 2.75) is 6.92 Å². The Labute approximate surface area is 162 Å². The number of phenols is 1. The molecular weight excluding hydrogens is 367 g/mol. The molecule has 3 rings (SSSR count).